The molecular formula is C15H15N3O5S. The van der Waals surface area contributed by atoms with E-state index in [9.17, 15) is 4.79 Å². The minimum atomic E-state index is -1.13. The second-order valence-corrected chi connectivity index (χ2v) is 4.94. The molecule has 0 atom stereocenters. The van der Waals surface area contributed by atoms with E-state index in [1.807, 2.05) is 0 Å². The lowest BCUT2D eigenvalue weighted by Gasteiger charge is -2.10. The molecule has 0 amide bonds. The quantitative estimate of drug-likeness (QED) is 0.393. The zero-order valence-corrected chi connectivity index (χ0v) is 13.5. The highest BCUT2D eigenvalue weighted by Crippen LogP contribution is 2.28. The number of aromatic carboxylic acids is 1. The van der Waals surface area contributed by atoms with Gasteiger partial charge in [0.2, 0.25) is 5.76 Å². The molecule has 1 aromatic carbocycles. The third-order valence-corrected chi connectivity index (χ3v) is 2.91. The van der Waals surface area contributed by atoms with Crippen LogP contribution in [0, 0.1) is 0 Å². The molecular weight excluding hydrogens is 334 g/mol. The summed E-state index contributed by atoms with van der Waals surface area (Å²) in [5.74, 6) is 0.0794. The third kappa shape index (κ3) is 4.71. The van der Waals surface area contributed by atoms with Gasteiger partial charge in [0, 0.05) is 0 Å². The van der Waals surface area contributed by atoms with Crippen molar-refractivity contribution in [1.29, 1.82) is 0 Å². The molecule has 1 heterocycles. The fraction of sp³-hybridized carbons (Fsp3) is 0.133. The number of benzene rings is 1. The van der Waals surface area contributed by atoms with Crippen LogP contribution in [-0.2, 0) is 6.61 Å². The molecule has 4 N–H and O–H groups in total. The summed E-state index contributed by atoms with van der Waals surface area (Å²) in [6.07, 6.45) is 1.52. The molecule has 0 unspecified atom stereocenters. The van der Waals surface area contributed by atoms with Gasteiger partial charge in [-0.1, -0.05) is 0 Å². The predicted octanol–water partition coefficient (Wildman–Crippen LogP) is 1.73. The van der Waals surface area contributed by atoms with Crippen molar-refractivity contribution in [3.05, 3.63) is 47.4 Å². The number of carboxylic acids is 1. The van der Waals surface area contributed by atoms with Crippen molar-refractivity contribution in [2.24, 2.45) is 10.8 Å². The maximum absolute atomic E-state index is 10.8. The zero-order valence-electron chi connectivity index (χ0n) is 12.7. The van der Waals surface area contributed by atoms with Gasteiger partial charge in [-0.3, -0.25) is 5.43 Å². The molecule has 2 rings (SSSR count). The Balaban J connectivity index is 2.05. The smallest absolute Gasteiger partial charge is 0.371 e. The van der Waals surface area contributed by atoms with Crippen LogP contribution in [-0.4, -0.2) is 29.5 Å². The van der Waals surface area contributed by atoms with Crippen molar-refractivity contribution in [1.82, 2.24) is 5.43 Å². The molecule has 1 aromatic heterocycles. The van der Waals surface area contributed by atoms with Gasteiger partial charge in [-0.05, 0) is 48.1 Å². The van der Waals surface area contributed by atoms with Crippen LogP contribution in [0.1, 0.15) is 21.9 Å². The van der Waals surface area contributed by atoms with Crippen LogP contribution < -0.4 is 20.6 Å². The maximum Gasteiger partial charge on any atom is 0.371 e. The van der Waals surface area contributed by atoms with E-state index in [0.29, 0.717) is 17.3 Å². The first-order valence-corrected chi connectivity index (χ1v) is 7.11. The van der Waals surface area contributed by atoms with Gasteiger partial charge in [0.1, 0.15) is 12.4 Å². The molecule has 9 heteroatoms. The van der Waals surface area contributed by atoms with Gasteiger partial charge >= 0.3 is 5.97 Å². The van der Waals surface area contributed by atoms with Crippen molar-refractivity contribution in [2.45, 2.75) is 6.61 Å². The van der Waals surface area contributed by atoms with Crippen LogP contribution in [0.25, 0.3) is 0 Å². The molecule has 0 radical (unpaired) electrons. The van der Waals surface area contributed by atoms with Crippen LogP contribution in [0.4, 0.5) is 0 Å². The monoisotopic (exact) mass is 349 g/mol. The first kappa shape index (κ1) is 17.3. The summed E-state index contributed by atoms with van der Waals surface area (Å²) in [6, 6.07) is 8.07. The first-order valence-electron chi connectivity index (χ1n) is 6.71. The lowest BCUT2D eigenvalue weighted by molar-refractivity contribution is 0.0658. The summed E-state index contributed by atoms with van der Waals surface area (Å²) in [6.45, 7) is 0.0695. The Hall–Kier alpha value is -3.07. The second-order valence-electron chi connectivity index (χ2n) is 4.50. The van der Waals surface area contributed by atoms with Crippen molar-refractivity contribution in [3.8, 4) is 11.5 Å². The number of nitrogens with two attached hydrogens (primary N) is 1. The van der Waals surface area contributed by atoms with Gasteiger partial charge in [-0.15, -0.1) is 0 Å². The minimum absolute atomic E-state index is 0.0670. The summed E-state index contributed by atoms with van der Waals surface area (Å²) >= 11 is 4.64. The van der Waals surface area contributed by atoms with Crippen LogP contribution in [0.5, 0.6) is 11.5 Å². The average molecular weight is 349 g/mol. The van der Waals surface area contributed by atoms with Crippen molar-refractivity contribution in [2.75, 3.05) is 7.11 Å². The SMILES string of the molecule is COc1cc(C=NNC(N)=S)ccc1OCc1ccc(C(=O)O)o1. The van der Waals surface area contributed by atoms with E-state index in [1.54, 1.807) is 24.3 Å². The molecule has 0 aliphatic carbocycles. The number of hydrogen-bond acceptors (Lipinski definition) is 6. The molecule has 0 aliphatic heterocycles. The Morgan fingerprint density at radius 1 is 1.42 bits per heavy atom. The largest absolute Gasteiger partial charge is 0.493 e. The number of nitrogens with one attached hydrogen (secondary N) is 1. The van der Waals surface area contributed by atoms with Gasteiger partial charge in [0.05, 0.1) is 13.3 Å². The topological polar surface area (TPSA) is 119 Å². The number of carbonyl (C=O) groups is 1. The summed E-state index contributed by atoms with van der Waals surface area (Å²) in [5.41, 5.74) is 8.46. The van der Waals surface area contributed by atoms with E-state index in [1.165, 1.54) is 19.4 Å². The number of thiocarbonyl (C=S) groups is 1. The molecule has 8 nitrogen and oxygen atoms in total. The van der Waals surface area contributed by atoms with Gasteiger partial charge in [0.15, 0.2) is 16.6 Å². The predicted molar refractivity (Wildman–Crippen MR) is 90.5 cm³/mol. The van der Waals surface area contributed by atoms with Crippen LogP contribution >= 0.6 is 12.2 Å². The number of rotatable bonds is 7. The minimum Gasteiger partial charge on any atom is -0.493 e. The number of hydrogen-bond donors (Lipinski definition) is 3. The molecule has 0 fully saturated rings. The van der Waals surface area contributed by atoms with E-state index < -0.39 is 5.97 Å². The van der Waals surface area contributed by atoms with Gasteiger partial charge < -0.3 is 24.7 Å². The van der Waals surface area contributed by atoms with E-state index in [0.717, 1.165) is 5.56 Å². The highest BCUT2D eigenvalue weighted by molar-refractivity contribution is 7.80. The molecule has 0 saturated carbocycles. The lowest BCUT2D eigenvalue weighted by Crippen LogP contribution is -2.23. The molecule has 126 valence electrons. The van der Waals surface area contributed by atoms with Crippen molar-refractivity contribution < 1.29 is 23.8 Å². The fourth-order valence-corrected chi connectivity index (χ4v) is 1.83. The Bertz CT molecular complexity index is 772. The molecule has 0 bridgehead atoms. The summed E-state index contributed by atoms with van der Waals surface area (Å²) in [5, 5.41) is 12.7. The summed E-state index contributed by atoms with van der Waals surface area (Å²) < 4.78 is 16.0. The number of methoxy groups -OCH3 is 1. The Morgan fingerprint density at radius 3 is 2.83 bits per heavy atom. The zero-order chi connectivity index (χ0) is 17.5. The number of nitrogens with zero attached hydrogens (tertiary/aromatic N) is 1. The summed E-state index contributed by atoms with van der Waals surface area (Å²) in [4.78, 5) is 10.8. The Labute approximate surface area is 142 Å². The van der Waals surface area contributed by atoms with E-state index >= 15 is 0 Å². The lowest BCUT2D eigenvalue weighted by atomic mass is 10.2. The van der Waals surface area contributed by atoms with Crippen molar-refractivity contribution >= 4 is 29.5 Å². The average Bonchev–Trinajstić information content (AvgIpc) is 3.02. The number of furan rings is 1. The van der Waals surface area contributed by atoms with Crippen molar-refractivity contribution in [3.63, 3.8) is 0 Å². The van der Waals surface area contributed by atoms with Gasteiger partial charge in [0.25, 0.3) is 0 Å². The first-order chi connectivity index (χ1) is 11.5. The molecule has 2 aromatic rings. The molecule has 0 saturated heterocycles. The molecule has 0 spiro atoms. The number of hydrazone groups is 1. The van der Waals surface area contributed by atoms with Gasteiger partial charge in [-0.25, -0.2) is 4.79 Å². The highest BCUT2D eigenvalue weighted by atomic mass is 32.1. The number of ether oxygens (including phenoxy) is 2. The Morgan fingerprint density at radius 2 is 2.21 bits per heavy atom. The Kier molecular flexibility index (Phi) is 5.74. The van der Waals surface area contributed by atoms with E-state index in [-0.39, 0.29) is 17.5 Å². The van der Waals surface area contributed by atoms with E-state index in [4.69, 9.17) is 24.7 Å². The summed E-state index contributed by atoms with van der Waals surface area (Å²) in [7, 11) is 1.51. The highest BCUT2D eigenvalue weighted by Gasteiger charge is 2.11. The second kappa shape index (κ2) is 7.97. The van der Waals surface area contributed by atoms with E-state index in [2.05, 4.69) is 22.7 Å². The van der Waals surface area contributed by atoms with Crippen LogP contribution in [0.15, 0.2) is 39.9 Å². The number of carboxylic acid groups (broad SMARTS) is 1. The maximum atomic E-state index is 10.8. The molecule has 24 heavy (non-hydrogen) atoms. The third-order valence-electron chi connectivity index (χ3n) is 2.82. The molecule has 0 aliphatic rings. The van der Waals surface area contributed by atoms with Crippen LogP contribution in [0.3, 0.4) is 0 Å². The fourth-order valence-electron chi connectivity index (χ4n) is 1.77. The standard InChI is InChI=1S/C15H15N3O5S/c1-21-13-6-9(7-17-18-15(16)24)2-4-11(13)22-8-10-3-5-12(23-10)14(19)20/h2-7H,8H2,1H3,(H,19,20)(H3,16,18,24). The van der Waals surface area contributed by atoms with Gasteiger partial charge in [-0.2, -0.15) is 5.10 Å². The van der Waals surface area contributed by atoms with Crippen LogP contribution in [0.2, 0.25) is 0 Å². The normalized spacial score (nSPS) is 10.5.